The SMILES string of the molecule is Clc1nc(Sc2ccncn2)c2[nH]cnc2n1. The van der Waals surface area contributed by atoms with Crippen molar-refractivity contribution in [3.63, 3.8) is 0 Å². The Morgan fingerprint density at radius 3 is 3.00 bits per heavy atom. The highest BCUT2D eigenvalue weighted by Crippen LogP contribution is 2.29. The van der Waals surface area contributed by atoms with E-state index in [-0.39, 0.29) is 5.28 Å². The monoisotopic (exact) mass is 264 g/mol. The molecule has 0 amide bonds. The molecule has 8 heteroatoms. The highest BCUT2D eigenvalue weighted by Gasteiger charge is 2.10. The molecule has 0 aliphatic carbocycles. The third-order valence-electron chi connectivity index (χ3n) is 1.98. The minimum atomic E-state index is 0.168. The summed E-state index contributed by atoms with van der Waals surface area (Å²) in [4.78, 5) is 23.1. The van der Waals surface area contributed by atoms with Gasteiger partial charge in [0.2, 0.25) is 5.28 Å². The van der Waals surface area contributed by atoms with E-state index in [0.717, 1.165) is 10.5 Å². The van der Waals surface area contributed by atoms with Crippen LogP contribution in [-0.4, -0.2) is 29.9 Å². The molecule has 3 aromatic rings. The zero-order valence-electron chi connectivity index (χ0n) is 8.33. The minimum Gasteiger partial charge on any atom is -0.341 e. The van der Waals surface area contributed by atoms with Crippen LogP contribution in [0.2, 0.25) is 5.28 Å². The first-order chi connectivity index (χ1) is 8.33. The molecule has 0 aliphatic rings. The molecule has 3 rings (SSSR count). The molecule has 1 N–H and O–H groups in total. The third-order valence-corrected chi connectivity index (χ3v) is 3.09. The van der Waals surface area contributed by atoms with Crippen LogP contribution >= 0.6 is 23.4 Å². The van der Waals surface area contributed by atoms with Crippen LogP contribution in [0.5, 0.6) is 0 Å². The molecule has 0 saturated heterocycles. The number of halogens is 1. The van der Waals surface area contributed by atoms with Crippen molar-refractivity contribution < 1.29 is 0 Å². The molecular formula is C9H5ClN6S. The summed E-state index contributed by atoms with van der Waals surface area (Å²) >= 11 is 7.20. The largest absolute Gasteiger partial charge is 0.341 e. The quantitative estimate of drug-likeness (QED) is 0.563. The molecule has 0 aromatic carbocycles. The number of nitrogens with zero attached hydrogens (tertiary/aromatic N) is 5. The van der Waals surface area contributed by atoms with Crippen LogP contribution in [0.1, 0.15) is 0 Å². The average Bonchev–Trinajstić information content (AvgIpc) is 2.78. The predicted molar refractivity (Wildman–Crippen MR) is 62.8 cm³/mol. The summed E-state index contributed by atoms with van der Waals surface area (Å²) < 4.78 is 0. The number of fused-ring (bicyclic) bond motifs is 1. The van der Waals surface area contributed by atoms with Crippen molar-refractivity contribution in [1.29, 1.82) is 0 Å². The van der Waals surface area contributed by atoms with Crippen LogP contribution in [-0.2, 0) is 0 Å². The Labute approximate surface area is 105 Å². The maximum atomic E-state index is 5.82. The molecule has 3 aromatic heterocycles. The number of H-pyrrole nitrogens is 1. The minimum absolute atomic E-state index is 0.168. The fraction of sp³-hybridized carbons (Fsp3) is 0. The first kappa shape index (κ1) is 10.4. The van der Waals surface area contributed by atoms with E-state index in [9.17, 15) is 0 Å². The van der Waals surface area contributed by atoms with Gasteiger partial charge in [-0.2, -0.15) is 4.98 Å². The smallest absolute Gasteiger partial charge is 0.225 e. The van der Waals surface area contributed by atoms with E-state index in [2.05, 4.69) is 29.9 Å². The summed E-state index contributed by atoms with van der Waals surface area (Å²) in [7, 11) is 0. The Bertz CT molecular complexity index is 655. The molecule has 0 bridgehead atoms. The van der Waals surface area contributed by atoms with Gasteiger partial charge in [-0.15, -0.1) is 0 Å². The summed E-state index contributed by atoms with van der Waals surface area (Å²) in [5.74, 6) is 0. The van der Waals surface area contributed by atoms with Crippen molar-refractivity contribution in [2.45, 2.75) is 10.1 Å². The number of imidazole rings is 1. The molecule has 0 unspecified atom stereocenters. The number of aromatic nitrogens is 6. The lowest BCUT2D eigenvalue weighted by Gasteiger charge is -2.00. The summed E-state index contributed by atoms with van der Waals surface area (Å²) in [6, 6.07) is 1.79. The summed E-state index contributed by atoms with van der Waals surface area (Å²) in [6.07, 6.45) is 4.71. The van der Waals surface area contributed by atoms with Crippen LogP contribution < -0.4 is 0 Å². The maximum Gasteiger partial charge on any atom is 0.225 e. The number of rotatable bonds is 2. The molecule has 0 saturated carbocycles. The van der Waals surface area contributed by atoms with Gasteiger partial charge in [0.1, 0.15) is 21.9 Å². The molecule has 0 atom stereocenters. The third kappa shape index (κ3) is 2.06. The molecule has 0 aliphatic heterocycles. The lowest BCUT2D eigenvalue weighted by atomic mass is 10.6. The van der Waals surface area contributed by atoms with E-state index >= 15 is 0 Å². The van der Waals surface area contributed by atoms with Gasteiger partial charge in [0.15, 0.2) is 5.65 Å². The molecule has 6 nitrogen and oxygen atoms in total. The molecule has 17 heavy (non-hydrogen) atoms. The standard InChI is InChI=1S/C9H5ClN6S/c10-9-15-7-6(13-4-14-7)8(16-9)17-5-1-2-11-3-12-5/h1-4H,(H,13,14,15,16). The van der Waals surface area contributed by atoms with E-state index < -0.39 is 0 Å². The van der Waals surface area contributed by atoms with Crippen molar-refractivity contribution >= 4 is 34.5 Å². The van der Waals surface area contributed by atoms with Crippen molar-refractivity contribution in [2.75, 3.05) is 0 Å². The maximum absolute atomic E-state index is 5.82. The van der Waals surface area contributed by atoms with Gasteiger partial charge in [-0.25, -0.2) is 19.9 Å². The lowest BCUT2D eigenvalue weighted by molar-refractivity contribution is 1.03. The Morgan fingerprint density at radius 1 is 1.24 bits per heavy atom. The number of hydrogen-bond acceptors (Lipinski definition) is 6. The van der Waals surface area contributed by atoms with Gasteiger partial charge in [-0.05, 0) is 29.4 Å². The highest BCUT2D eigenvalue weighted by atomic mass is 35.5. The Morgan fingerprint density at radius 2 is 2.18 bits per heavy atom. The van der Waals surface area contributed by atoms with Crippen molar-refractivity contribution in [2.24, 2.45) is 0 Å². The second-order valence-electron chi connectivity index (χ2n) is 3.05. The summed E-state index contributed by atoms with van der Waals surface area (Å²) in [5, 5.41) is 1.64. The topological polar surface area (TPSA) is 80.2 Å². The molecule has 0 radical (unpaired) electrons. The van der Waals surface area contributed by atoms with Crippen LogP contribution in [0.25, 0.3) is 11.2 Å². The summed E-state index contributed by atoms with van der Waals surface area (Å²) in [5.41, 5.74) is 1.29. The van der Waals surface area contributed by atoms with Gasteiger partial charge in [-0.1, -0.05) is 0 Å². The van der Waals surface area contributed by atoms with E-state index in [0.29, 0.717) is 10.7 Å². The molecule has 0 spiro atoms. The average molecular weight is 265 g/mol. The fourth-order valence-electron chi connectivity index (χ4n) is 1.29. The number of hydrogen-bond donors (Lipinski definition) is 1. The van der Waals surface area contributed by atoms with Gasteiger partial charge in [0.05, 0.1) is 6.33 Å². The van der Waals surface area contributed by atoms with Crippen LogP contribution in [0, 0.1) is 0 Å². The lowest BCUT2D eigenvalue weighted by Crippen LogP contribution is -1.89. The van der Waals surface area contributed by atoms with Gasteiger partial charge in [-0.3, -0.25) is 0 Å². The number of aromatic amines is 1. The second-order valence-corrected chi connectivity index (χ2v) is 4.40. The molecule has 84 valence electrons. The van der Waals surface area contributed by atoms with E-state index in [1.807, 2.05) is 0 Å². The first-order valence-electron chi connectivity index (χ1n) is 4.63. The van der Waals surface area contributed by atoms with Crippen LogP contribution in [0.15, 0.2) is 35.0 Å². The second kappa shape index (κ2) is 4.27. The van der Waals surface area contributed by atoms with Crippen molar-refractivity contribution in [3.8, 4) is 0 Å². The Kier molecular flexibility index (Phi) is 2.62. The zero-order valence-corrected chi connectivity index (χ0v) is 9.90. The van der Waals surface area contributed by atoms with Crippen molar-refractivity contribution in [3.05, 3.63) is 30.2 Å². The van der Waals surface area contributed by atoms with Gasteiger partial charge in [0.25, 0.3) is 0 Å². The van der Waals surface area contributed by atoms with Crippen molar-refractivity contribution in [1.82, 2.24) is 29.9 Å². The Hall–Kier alpha value is -1.73. The molecule has 3 heterocycles. The first-order valence-corrected chi connectivity index (χ1v) is 5.83. The van der Waals surface area contributed by atoms with E-state index in [4.69, 9.17) is 11.6 Å². The van der Waals surface area contributed by atoms with E-state index in [1.165, 1.54) is 18.1 Å². The fourth-order valence-corrected chi connectivity index (χ4v) is 2.32. The molecule has 0 fully saturated rings. The number of nitrogens with one attached hydrogen (secondary N) is 1. The van der Waals surface area contributed by atoms with Gasteiger partial charge >= 0.3 is 0 Å². The zero-order chi connectivity index (χ0) is 11.7. The van der Waals surface area contributed by atoms with E-state index in [1.54, 1.807) is 18.6 Å². The molecular weight excluding hydrogens is 260 g/mol. The van der Waals surface area contributed by atoms with Crippen LogP contribution in [0.4, 0.5) is 0 Å². The van der Waals surface area contributed by atoms with Gasteiger partial charge in [0, 0.05) is 6.20 Å². The predicted octanol–water partition coefficient (Wildman–Crippen LogP) is 1.95. The normalized spacial score (nSPS) is 10.9. The van der Waals surface area contributed by atoms with Gasteiger partial charge < -0.3 is 4.98 Å². The Balaban J connectivity index is 2.08. The van der Waals surface area contributed by atoms with Crippen LogP contribution in [0.3, 0.4) is 0 Å². The summed E-state index contributed by atoms with van der Waals surface area (Å²) in [6.45, 7) is 0. The highest BCUT2D eigenvalue weighted by molar-refractivity contribution is 7.99.